The molecule has 0 aromatic heterocycles. The number of hydrogen-bond acceptors (Lipinski definition) is 2. The van der Waals surface area contributed by atoms with Gasteiger partial charge in [-0.2, -0.15) is 0 Å². The van der Waals surface area contributed by atoms with Crippen LogP contribution in [-0.2, 0) is 9.59 Å². The molecular formula is C14H17NO2. The zero-order valence-corrected chi connectivity index (χ0v) is 10.1. The average Bonchev–Trinajstić information content (AvgIpc) is 2.64. The molecule has 2 rings (SSSR count). The summed E-state index contributed by atoms with van der Waals surface area (Å²) in [4.78, 5) is 25.3. The van der Waals surface area contributed by atoms with Gasteiger partial charge >= 0.3 is 0 Å². The summed E-state index contributed by atoms with van der Waals surface area (Å²) < 4.78 is 0. The lowest BCUT2D eigenvalue weighted by Crippen LogP contribution is -2.31. The second-order valence-corrected chi connectivity index (χ2v) is 4.40. The van der Waals surface area contributed by atoms with Gasteiger partial charge in [0.15, 0.2) is 0 Å². The maximum Gasteiger partial charge on any atom is 0.237 e. The van der Waals surface area contributed by atoms with Gasteiger partial charge in [0, 0.05) is 13.0 Å². The number of unbranched alkanes of at least 4 members (excludes halogenated alkanes) is 1. The first-order valence-corrected chi connectivity index (χ1v) is 6.13. The van der Waals surface area contributed by atoms with Crippen LogP contribution in [0.5, 0.6) is 0 Å². The van der Waals surface area contributed by atoms with Crippen LogP contribution in [0.4, 0.5) is 0 Å². The SMILES string of the molecule is CCCCN1C(=O)CC(c2ccccc2)C1=O. The monoisotopic (exact) mass is 231 g/mol. The van der Waals surface area contributed by atoms with Crippen molar-refractivity contribution in [3.05, 3.63) is 35.9 Å². The Hall–Kier alpha value is -1.64. The van der Waals surface area contributed by atoms with Crippen molar-refractivity contribution in [2.24, 2.45) is 0 Å². The maximum atomic E-state index is 12.1. The summed E-state index contributed by atoms with van der Waals surface area (Å²) in [7, 11) is 0. The van der Waals surface area contributed by atoms with Crippen LogP contribution in [-0.4, -0.2) is 23.3 Å². The molecule has 1 aliphatic heterocycles. The molecule has 0 bridgehead atoms. The Kier molecular flexibility index (Phi) is 3.57. The molecule has 0 saturated carbocycles. The summed E-state index contributed by atoms with van der Waals surface area (Å²) in [6.07, 6.45) is 2.21. The summed E-state index contributed by atoms with van der Waals surface area (Å²) in [6, 6.07) is 9.56. The first-order chi connectivity index (χ1) is 8.24. The molecule has 1 unspecified atom stereocenters. The van der Waals surface area contributed by atoms with Crippen LogP contribution < -0.4 is 0 Å². The molecule has 3 heteroatoms. The van der Waals surface area contributed by atoms with E-state index in [-0.39, 0.29) is 17.7 Å². The number of rotatable bonds is 4. The molecule has 0 radical (unpaired) electrons. The highest BCUT2D eigenvalue weighted by Gasteiger charge is 2.38. The summed E-state index contributed by atoms with van der Waals surface area (Å²) in [5.41, 5.74) is 0.949. The Morgan fingerprint density at radius 1 is 1.24 bits per heavy atom. The van der Waals surface area contributed by atoms with E-state index in [9.17, 15) is 9.59 Å². The maximum absolute atomic E-state index is 12.1. The third kappa shape index (κ3) is 2.38. The number of imide groups is 1. The van der Waals surface area contributed by atoms with Crippen LogP contribution in [0.1, 0.15) is 37.7 Å². The fourth-order valence-corrected chi connectivity index (χ4v) is 2.18. The van der Waals surface area contributed by atoms with E-state index in [1.807, 2.05) is 30.3 Å². The quantitative estimate of drug-likeness (QED) is 0.746. The lowest BCUT2D eigenvalue weighted by Gasteiger charge is -2.14. The number of carbonyl (C=O) groups is 2. The predicted octanol–water partition coefficient (Wildman–Crippen LogP) is 2.33. The molecule has 1 atom stereocenters. The van der Waals surface area contributed by atoms with Crippen molar-refractivity contribution < 1.29 is 9.59 Å². The van der Waals surface area contributed by atoms with E-state index in [4.69, 9.17) is 0 Å². The molecular weight excluding hydrogens is 214 g/mol. The number of carbonyl (C=O) groups excluding carboxylic acids is 2. The summed E-state index contributed by atoms with van der Waals surface area (Å²) >= 11 is 0. The minimum atomic E-state index is -0.263. The van der Waals surface area contributed by atoms with Crippen molar-refractivity contribution in [1.29, 1.82) is 0 Å². The molecule has 1 aliphatic rings. The summed E-state index contributed by atoms with van der Waals surface area (Å²) in [5, 5.41) is 0. The fraction of sp³-hybridized carbons (Fsp3) is 0.429. The molecule has 1 fully saturated rings. The van der Waals surface area contributed by atoms with Gasteiger partial charge in [-0.05, 0) is 12.0 Å². The van der Waals surface area contributed by atoms with Crippen molar-refractivity contribution in [1.82, 2.24) is 4.90 Å². The van der Waals surface area contributed by atoms with Crippen molar-refractivity contribution >= 4 is 11.8 Å². The van der Waals surface area contributed by atoms with Gasteiger partial charge in [-0.15, -0.1) is 0 Å². The topological polar surface area (TPSA) is 37.4 Å². The number of likely N-dealkylation sites (tertiary alicyclic amines) is 1. The Bertz CT molecular complexity index is 413. The van der Waals surface area contributed by atoms with Crippen LogP contribution in [0, 0.1) is 0 Å². The van der Waals surface area contributed by atoms with Gasteiger partial charge in [0.2, 0.25) is 11.8 Å². The van der Waals surface area contributed by atoms with Gasteiger partial charge in [-0.1, -0.05) is 43.7 Å². The minimum Gasteiger partial charge on any atom is -0.282 e. The fourth-order valence-electron chi connectivity index (χ4n) is 2.18. The normalized spacial score (nSPS) is 20.1. The Morgan fingerprint density at radius 3 is 2.59 bits per heavy atom. The highest BCUT2D eigenvalue weighted by molar-refractivity contribution is 6.06. The number of amides is 2. The van der Waals surface area contributed by atoms with Crippen molar-refractivity contribution in [3.63, 3.8) is 0 Å². The molecule has 1 heterocycles. The van der Waals surface area contributed by atoms with E-state index in [0.29, 0.717) is 13.0 Å². The molecule has 17 heavy (non-hydrogen) atoms. The molecule has 1 aromatic rings. The van der Waals surface area contributed by atoms with Gasteiger partial charge in [-0.25, -0.2) is 0 Å². The molecule has 0 aliphatic carbocycles. The highest BCUT2D eigenvalue weighted by Crippen LogP contribution is 2.29. The molecule has 0 spiro atoms. The van der Waals surface area contributed by atoms with Crippen molar-refractivity contribution in [2.75, 3.05) is 6.54 Å². The van der Waals surface area contributed by atoms with E-state index in [0.717, 1.165) is 18.4 Å². The largest absolute Gasteiger partial charge is 0.282 e. The smallest absolute Gasteiger partial charge is 0.237 e. The van der Waals surface area contributed by atoms with Crippen molar-refractivity contribution in [2.45, 2.75) is 32.1 Å². The van der Waals surface area contributed by atoms with Gasteiger partial charge in [-0.3, -0.25) is 14.5 Å². The van der Waals surface area contributed by atoms with Crippen LogP contribution in [0.15, 0.2) is 30.3 Å². The summed E-state index contributed by atoms with van der Waals surface area (Å²) in [6.45, 7) is 2.62. The second kappa shape index (κ2) is 5.13. The van der Waals surface area contributed by atoms with E-state index < -0.39 is 0 Å². The third-order valence-electron chi connectivity index (χ3n) is 3.18. The predicted molar refractivity (Wildman–Crippen MR) is 65.4 cm³/mol. The highest BCUT2D eigenvalue weighted by atomic mass is 16.2. The zero-order chi connectivity index (χ0) is 12.3. The Balaban J connectivity index is 2.13. The first kappa shape index (κ1) is 11.8. The first-order valence-electron chi connectivity index (χ1n) is 6.13. The van der Waals surface area contributed by atoms with E-state index in [2.05, 4.69) is 6.92 Å². The molecule has 3 nitrogen and oxygen atoms in total. The second-order valence-electron chi connectivity index (χ2n) is 4.40. The van der Waals surface area contributed by atoms with Gasteiger partial charge in [0.25, 0.3) is 0 Å². The average molecular weight is 231 g/mol. The van der Waals surface area contributed by atoms with Crippen LogP contribution in [0.2, 0.25) is 0 Å². The van der Waals surface area contributed by atoms with E-state index in [1.54, 1.807) is 0 Å². The lowest BCUT2D eigenvalue weighted by molar-refractivity contribution is -0.138. The van der Waals surface area contributed by atoms with Gasteiger partial charge in [0.05, 0.1) is 5.92 Å². The van der Waals surface area contributed by atoms with E-state index >= 15 is 0 Å². The Morgan fingerprint density at radius 2 is 1.94 bits per heavy atom. The number of nitrogens with zero attached hydrogens (tertiary/aromatic N) is 1. The Labute approximate surface area is 101 Å². The minimum absolute atomic E-state index is 0.0303. The lowest BCUT2D eigenvalue weighted by atomic mass is 9.98. The van der Waals surface area contributed by atoms with Crippen LogP contribution in [0.3, 0.4) is 0 Å². The zero-order valence-electron chi connectivity index (χ0n) is 10.1. The van der Waals surface area contributed by atoms with E-state index in [1.165, 1.54) is 4.90 Å². The standard InChI is InChI=1S/C14H17NO2/c1-2-3-9-15-13(16)10-12(14(15)17)11-7-5-4-6-8-11/h4-8,12H,2-3,9-10H2,1H3. The number of benzene rings is 1. The van der Waals surface area contributed by atoms with Crippen molar-refractivity contribution in [3.8, 4) is 0 Å². The number of hydrogen-bond donors (Lipinski definition) is 0. The van der Waals surface area contributed by atoms with Gasteiger partial charge in [0.1, 0.15) is 0 Å². The van der Waals surface area contributed by atoms with Crippen LogP contribution >= 0.6 is 0 Å². The molecule has 1 aromatic carbocycles. The molecule has 2 amide bonds. The third-order valence-corrected chi connectivity index (χ3v) is 3.18. The summed E-state index contributed by atoms with van der Waals surface area (Å²) in [5.74, 6) is -0.326. The molecule has 1 saturated heterocycles. The molecule has 0 N–H and O–H groups in total. The molecule has 90 valence electrons. The van der Waals surface area contributed by atoms with Gasteiger partial charge < -0.3 is 0 Å². The van der Waals surface area contributed by atoms with Crippen LogP contribution in [0.25, 0.3) is 0 Å².